The fourth-order valence-corrected chi connectivity index (χ4v) is 3.36. The Bertz CT molecular complexity index is 667. The summed E-state index contributed by atoms with van der Waals surface area (Å²) in [4.78, 5) is 12.2. The number of sulfonamides is 1. The third-order valence-electron chi connectivity index (χ3n) is 4.10. The minimum absolute atomic E-state index is 0.127. The Labute approximate surface area is 137 Å². The van der Waals surface area contributed by atoms with Crippen molar-refractivity contribution >= 4 is 21.6 Å². The van der Waals surface area contributed by atoms with Crippen molar-refractivity contribution in [2.75, 3.05) is 31.3 Å². The van der Waals surface area contributed by atoms with Crippen molar-refractivity contribution in [3.63, 3.8) is 0 Å². The Morgan fingerprint density at radius 2 is 2.13 bits per heavy atom. The van der Waals surface area contributed by atoms with Crippen molar-refractivity contribution in [1.29, 1.82) is 0 Å². The molecule has 0 bridgehead atoms. The second-order valence-corrected chi connectivity index (χ2v) is 7.97. The molecule has 0 unspecified atom stereocenters. The molecule has 0 aromatic heterocycles. The number of nitrogens with zero attached hydrogens (tertiary/aromatic N) is 1. The average Bonchev–Trinajstić information content (AvgIpc) is 2.95. The van der Waals surface area contributed by atoms with Crippen LogP contribution in [0.3, 0.4) is 0 Å². The Hall–Kier alpha value is -1.44. The fourth-order valence-electron chi connectivity index (χ4n) is 2.57. The number of hydrogen-bond acceptors (Lipinski definition) is 4. The van der Waals surface area contributed by atoms with E-state index in [0.717, 1.165) is 30.2 Å². The molecule has 128 valence electrons. The van der Waals surface area contributed by atoms with Gasteiger partial charge in [-0.15, -0.1) is 0 Å². The molecular formula is C16H24N2O4S. The molecule has 7 heteroatoms. The van der Waals surface area contributed by atoms with E-state index in [1.807, 2.05) is 32.0 Å². The standard InChI is InChI=1S/C16H24N2O4S/c1-12-6-4-8-15(13(12)2)17-16(19)11-18(23(3,20)21)10-14-7-5-9-22-14/h4,6,8,14H,5,7,9-11H2,1-3H3,(H,17,19)/t14-/m0/s1. The van der Waals surface area contributed by atoms with Crippen LogP contribution in [-0.4, -0.2) is 50.7 Å². The molecular weight excluding hydrogens is 316 g/mol. The van der Waals surface area contributed by atoms with Gasteiger partial charge in [-0.3, -0.25) is 4.79 Å². The van der Waals surface area contributed by atoms with Crippen molar-refractivity contribution in [1.82, 2.24) is 4.31 Å². The molecule has 1 atom stereocenters. The van der Waals surface area contributed by atoms with E-state index in [2.05, 4.69) is 5.32 Å². The van der Waals surface area contributed by atoms with Crippen LogP contribution in [0.25, 0.3) is 0 Å². The van der Waals surface area contributed by atoms with E-state index in [4.69, 9.17) is 4.74 Å². The van der Waals surface area contributed by atoms with Crippen molar-refractivity contribution in [2.24, 2.45) is 0 Å². The van der Waals surface area contributed by atoms with Gasteiger partial charge in [0.2, 0.25) is 15.9 Å². The number of anilines is 1. The van der Waals surface area contributed by atoms with Crippen LogP contribution in [0.15, 0.2) is 18.2 Å². The van der Waals surface area contributed by atoms with Crippen molar-refractivity contribution < 1.29 is 17.9 Å². The predicted octanol–water partition coefficient (Wildman–Crippen LogP) is 1.68. The van der Waals surface area contributed by atoms with Crippen LogP contribution in [0.4, 0.5) is 5.69 Å². The van der Waals surface area contributed by atoms with Gasteiger partial charge in [0.25, 0.3) is 0 Å². The van der Waals surface area contributed by atoms with Gasteiger partial charge in [0.05, 0.1) is 18.9 Å². The molecule has 0 radical (unpaired) electrons. The van der Waals surface area contributed by atoms with Crippen LogP contribution < -0.4 is 5.32 Å². The van der Waals surface area contributed by atoms with Crippen molar-refractivity contribution in [3.8, 4) is 0 Å². The summed E-state index contributed by atoms with van der Waals surface area (Å²) in [7, 11) is -3.47. The van der Waals surface area contributed by atoms with Gasteiger partial charge in [-0.1, -0.05) is 12.1 Å². The smallest absolute Gasteiger partial charge is 0.239 e. The lowest BCUT2D eigenvalue weighted by Gasteiger charge is -2.22. The quantitative estimate of drug-likeness (QED) is 0.855. The predicted molar refractivity (Wildman–Crippen MR) is 89.9 cm³/mol. The molecule has 1 aliphatic rings. The summed E-state index contributed by atoms with van der Waals surface area (Å²) in [6.07, 6.45) is 2.74. The topological polar surface area (TPSA) is 75.7 Å². The van der Waals surface area contributed by atoms with Crippen LogP contribution in [0, 0.1) is 13.8 Å². The largest absolute Gasteiger partial charge is 0.377 e. The minimum Gasteiger partial charge on any atom is -0.377 e. The zero-order valence-corrected chi connectivity index (χ0v) is 14.6. The monoisotopic (exact) mass is 340 g/mol. The Morgan fingerprint density at radius 3 is 2.74 bits per heavy atom. The van der Waals surface area contributed by atoms with Crippen molar-refractivity contribution in [2.45, 2.75) is 32.8 Å². The number of rotatable bonds is 6. The summed E-state index contributed by atoms with van der Waals surface area (Å²) in [5, 5.41) is 2.79. The zero-order chi connectivity index (χ0) is 17.0. The van der Waals surface area contributed by atoms with Crippen LogP contribution in [0.2, 0.25) is 0 Å². The van der Waals surface area contributed by atoms with Gasteiger partial charge in [0.1, 0.15) is 0 Å². The van der Waals surface area contributed by atoms with Crippen molar-refractivity contribution in [3.05, 3.63) is 29.3 Å². The number of carbonyl (C=O) groups excluding carboxylic acids is 1. The van der Waals surface area contributed by atoms with E-state index in [1.54, 1.807) is 0 Å². The molecule has 2 rings (SSSR count). The van der Waals surface area contributed by atoms with E-state index >= 15 is 0 Å². The van der Waals surface area contributed by atoms with E-state index in [0.29, 0.717) is 12.3 Å². The number of carbonyl (C=O) groups is 1. The van der Waals surface area contributed by atoms with E-state index < -0.39 is 10.0 Å². The van der Waals surface area contributed by atoms with Gasteiger partial charge in [-0.05, 0) is 43.9 Å². The lowest BCUT2D eigenvalue weighted by atomic mass is 10.1. The molecule has 1 aromatic rings. The summed E-state index contributed by atoms with van der Waals surface area (Å²) >= 11 is 0. The summed E-state index contributed by atoms with van der Waals surface area (Å²) < 4.78 is 30.5. The zero-order valence-electron chi connectivity index (χ0n) is 13.8. The first-order valence-corrected chi connectivity index (χ1v) is 9.55. The third kappa shape index (κ3) is 5.02. The molecule has 1 aliphatic heterocycles. The molecule has 0 spiro atoms. The lowest BCUT2D eigenvalue weighted by molar-refractivity contribution is -0.116. The highest BCUT2D eigenvalue weighted by molar-refractivity contribution is 7.88. The maximum atomic E-state index is 12.2. The van der Waals surface area contributed by atoms with Crippen LogP contribution >= 0.6 is 0 Å². The van der Waals surface area contributed by atoms with Crippen LogP contribution in [0.5, 0.6) is 0 Å². The number of benzene rings is 1. The molecule has 1 aromatic carbocycles. The number of amides is 1. The molecule has 0 aliphatic carbocycles. The second kappa shape index (κ2) is 7.42. The van der Waals surface area contributed by atoms with Crippen LogP contribution in [-0.2, 0) is 19.6 Å². The van der Waals surface area contributed by atoms with Gasteiger partial charge in [0.15, 0.2) is 0 Å². The molecule has 1 heterocycles. The highest BCUT2D eigenvalue weighted by atomic mass is 32.2. The average molecular weight is 340 g/mol. The highest BCUT2D eigenvalue weighted by Gasteiger charge is 2.26. The van der Waals surface area contributed by atoms with Gasteiger partial charge < -0.3 is 10.1 Å². The number of hydrogen-bond donors (Lipinski definition) is 1. The Kier molecular flexibility index (Phi) is 5.78. The Morgan fingerprint density at radius 1 is 1.39 bits per heavy atom. The summed E-state index contributed by atoms with van der Waals surface area (Å²) in [5.41, 5.74) is 2.76. The summed E-state index contributed by atoms with van der Waals surface area (Å²) in [5.74, 6) is -0.345. The lowest BCUT2D eigenvalue weighted by Crippen LogP contribution is -2.41. The molecule has 0 saturated carbocycles. The number of aryl methyl sites for hydroxylation is 1. The normalized spacial score (nSPS) is 18.3. The Balaban J connectivity index is 2.03. The molecule has 1 N–H and O–H groups in total. The second-order valence-electron chi connectivity index (χ2n) is 5.99. The molecule has 1 amide bonds. The van der Waals surface area contributed by atoms with Gasteiger partial charge in [0, 0.05) is 18.8 Å². The maximum absolute atomic E-state index is 12.2. The molecule has 1 saturated heterocycles. The van der Waals surface area contributed by atoms with E-state index in [-0.39, 0.29) is 25.1 Å². The van der Waals surface area contributed by atoms with E-state index in [1.165, 1.54) is 4.31 Å². The third-order valence-corrected chi connectivity index (χ3v) is 5.32. The first-order chi connectivity index (χ1) is 10.8. The fraction of sp³-hybridized carbons (Fsp3) is 0.562. The maximum Gasteiger partial charge on any atom is 0.239 e. The first-order valence-electron chi connectivity index (χ1n) is 7.70. The van der Waals surface area contributed by atoms with Gasteiger partial charge in [-0.25, -0.2) is 8.42 Å². The number of ether oxygens (including phenoxy) is 1. The van der Waals surface area contributed by atoms with Crippen LogP contribution in [0.1, 0.15) is 24.0 Å². The summed E-state index contributed by atoms with van der Waals surface area (Å²) in [6, 6.07) is 5.63. The number of nitrogens with one attached hydrogen (secondary N) is 1. The molecule has 1 fully saturated rings. The van der Waals surface area contributed by atoms with E-state index in [9.17, 15) is 13.2 Å². The van der Waals surface area contributed by atoms with Gasteiger partial charge >= 0.3 is 0 Å². The first kappa shape index (κ1) is 17.9. The SMILES string of the molecule is Cc1cccc(NC(=O)CN(C[C@@H]2CCCO2)S(C)(=O)=O)c1C. The molecule has 6 nitrogen and oxygen atoms in total. The van der Waals surface area contributed by atoms with Gasteiger partial charge in [-0.2, -0.15) is 4.31 Å². The highest BCUT2D eigenvalue weighted by Crippen LogP contribution is 2.18. The minimum atomic E-state index is -3.47. The molecule has 23 heavy (non-hydrogen) atoms. The summed E-state index contributed by atoms with van der Waals surface area (Å²) in [6.45, 7) is 4.55.